The third-order valence-corrected chi connectivity index (χ3v) is 3.04. The first-order valence-electron chi connectivity index (χ1n) is 4.70. The molecule has 1 aromatic carbocycles. The second kappa shape index (κ2) is 4.79. The first kappa shape index (κ1) is 12.0. The molecule has 0 aliphatic heterocycles. The average Bonchev–Trinajstić information content (AvgIpc) is 2.78. The summed E-state index contributed by atoms with van der Waals surface area (Å²) < 4.78 is 37.3. The van der Waals surface area contributed by atoms with Crippen LogP contribution in [-0.2, 0) is 11.9 Å². The third kappa shape index (κ3) is 3.23. The zero-order valence-electron chi connectivity index (χ0n) is 8.53. The fourth-order valence-electron chi connectivity index (χ4n) is 1.21. The number of aromatic amines is 1. The summed E-state index contributed by atoms with van der Waals surface area (Å²) in [4.78, 5) is 0.558. The monoisotopic (exact) mass is 259 g/mol. The van der Waals surface area contributed by atoms with Crippen molar-refractivity contribution in [1.29, 1.82) is 0 Å². The highest BCUT2D eigenvalue weighted by atomic mass is 32.2. The van der Waals surface area contributed by atoms with Crippen LogP contribution in [0.1, 0.15) is 11.3 Å². The normalized spacial score (nSPS) is 11.7. The molecule has 0 fully saturated rings. The van der Waals surface area contributed by atoms with E-state index in [0.29, 0.717) is 16.3 Å². The van der Waals surface area contributed by atoms with Crippen LogP contribution in [0.4, 0.5) is 13.2 Å². The maximum Gasteiger partial charge on any atom is 0.416 e. The van der Waals surface area contributed by atoms with Crippen LogP contribution in [-0.4, -0.2) is 15.4 Å². The van der Waals surface area contributed by atoms with E-state index in [2.05, 4.69) is 15.4 Å². The summed E-state index contributed by atoms with van der Waals surface area (Å²) in [6.07, 6.45) is -2.76. The Morgan fingerprint density at radius 2 is 2.12 bits per heavy atom. The van der Waals surface area contributed by atoms with Gasteiger partial charge in [-0.2, -0.15) is 28.6 Å². The molecule has 17 heavy (non-hydrogen) atoms. The summed E-state index contributed by atoms with van der Waals surface area (Å²) in [6.45, 7) is 0. The van der Waals surface area contributed by atoms with E-state index in [9.17, 15) is 13.2 Å². The van der Waals surface area contributed by atoms with E-state index in [1.165, 1.54) is 17.8 Å². The number of nitrogens with one attached hydrogen (secondary N) is 1. The van der Waals surface area contributed by atoms with E-state index in [4.69, 9.17) is 0 Å². The Bertz CT molecular complexity index is 482. The molecule has 1 aromatic heterocycles. The van der Waals surface area contributed by atoms with Crippen molar-refractivity contribution < 1.29 is 13.2 Å². The van der Waals surface area contributed by atoms with Gasteiger partial charge in [-0.15, -0.1) is 11.8 Å². The molecule has 0 saturated carbocycles. The lowest BCUT2D eigenvalue weighted by Crippen LogP contribution is -2.04. The molecule has 7 heteroatoms. The molecule has 1 N–H and O–H groups in total. The predicted octanol–water partition coefficient (Wildman–Crippen LogP) is 3.12. The number of hydrogen-bond donors (Lipinski definition) is 1. The Morgan fingerprint density at radius 1 is 1.29 bits per heavy atom. The van der Waals surface area contributed by atoms with Gasteiger partial charge in [0.15, 0.2) is 0 Å². The summed E-state index contributed by atoms with van der Waals surface area (Å²) in [5.41, 5.74) is 0.0649. The van der Waals surface area contributed by atoms with E-state index in [0.717, 1.165) is 12.1 Å². The summed E-state index contributed by atoms with van der Waals surface area (Å²) in [6, 6.07) is 5.22. The van der Waals surface area contributed by atoms with Crippen LogP contribution in [0.25, 0.3) is 0 Å². The van der Waals surface area contributed by atoms with Gasteiger partial charge in [-0.3, -0.25) is 0 Å². The standard InChI is InChI=1S/C10H8F3N3S/c11-10(12,13)7-2-1-3-9(4-7)17-6-8-5-14-16-15-8/h1-5H,6H2,(H,14,15,16). The van der Waals surface area contributed by atoms with Crippen LogP contribution < -0.4 is 0 Å². The first-order valence-corrected chi connectivity index (χ1v) is 5.69. The quantitative estimate of drug-likeness (QED) is 0.861. The summed E-state index contributed by atoms with van der Waals surface area (Å²) in [5.74, 6) is 0.484. The highest BCUT2D eigenvalue weighted by molar-refractivity contribution is 7.98. The highest BCUT2D eigenvalue weighted by Gasteiger charge is 2.30. The van der Waals surface area contributed by atoms with Crippen molar-refractivity contribution in [3.8, 4) is 0 Å². The lowest BCUT2D eigenvalue weighted by Gasteiger charge is -2.07. The maximum absolute atomic E-state index is 12.4. The lowest BCUT2D eigenvalue weighted by atomic mass is 10.2. The number of H-pyrrole nitrogens is 1. The highest BCUT2D eigenvalue weighted by Crippen LogP contribution is 2.32. The van der Waals surface area contributed by atoms with Gasteiger partial charge in [-0.25, -0.2) is 0 Å². The second-order valence-electron chi connectivity index (χ2n) is 3.28. The first-order chi connectivity index (χ1) is 8.05. The summed E-state index contributed by atoms with van der Waals surface area (Å²) in [5, 5.41) is 9.89. The van der Waals surface area contributed by atoms with E-state index in [1.807, 2.05) is 0 Å². The summed E-state index contributed by atoms with van der Waals surface area (Å²) >= 11 is 1.29. The van der Waals surface area contributed by atoms with E-state index in [1.54, 1.807) is 12.3 Å². The molecule has 1 heterocycles. The minimum absolute atomic E-state index is 0.484. The van der Waals surface area contributed by atoms with Crippen LogP contribution in [0, 0.1) is 0 Å². The van der Waals surface area contributed by atoms with Gasteiger partial charge in [0.05, 0.1) is 17.5 Å². The fraction of sp³-hybridized carbons (Fsp3) is 0.200. The Labute approximate surface area is 99.4 Å². The number of alkyl halides is 3. The van der Waals surface area contributed by atoms with Crippen LogP contribution in [0.15, 0.2) is 35.4 Å². The Kier molecular flexibility index (Phi) is 3.37. The zero-order valence-corrected chi connectivity index (χ0v) is 9.35. The second-order valence-corrected chi connectivity index (χ2v) is 4.32. The number of nitrogens with zero attached hydrogens (tertiary/aromatic N) is 2. The molecule has 0 unspecified atom stereocenters. The number of rotatable bonds is 3. The Balaban J connectivity index is 2.07. The minimum atomic E-state index is -4.30. The zero-order chi connectivity index (χ0) is 12.3. The number of thioether (sulfide) groups is 1. The molecule has 0 saturated heterocycles. The van der Waals surface area contributed by atoms with Crippen LogP contribution in [0.2, 0.25) is 0 Å². The van der Waals surface area contributed by atoms with Gasteiger partial charge in [0, 0.05) is 10.6 Å². The van der Waals surface area contributed by atoms with E-state index >= 15 is 0 Å². The van der Waals surface area contributed by atoms with Crippen molar-refractivity contribution in [3.05, 3.63) is 41.7 Å². The fourth-order valence-corrected chi connectivity index (χ4v) is 2.05. The van der Waals surface area contributed by atoms with Crippen molar-refractivity contribution in [1.82, 2.24) is 15.4 Å². The molecule has 0 spiro atoms. The van der Waals surface area contributed by atoms with Gasteiger partial charge in [0.1, 0.15) is 0 Å². The van der Waals surface area contributed by atoms with Crippen molar-refractivity contribution in [3.63, 3.8) is 0 Å². The molecule has 2 rings (SSSR count). The minimum Gasteiger partial charge on any atom is -0.198 e. The molecule has 0 atom stereocenters. The van der Waals surface area contributed by atoms with Crippen LogP contribution >= 0.6 is 11.8 Å². The molecule has 0 amide bonds. The van der Waals surface area contributed by atoms with E-state index in [-0.39, 0.29) is 0 Å². The van der Waals surface area contributed by atoms with Gasteiger partial charge in [0.25, 0.3) is 0 Å². The topological polar surface area (TPSA) is 41.6 Å². The summed E-state index contributed by atoms with van der Waals surface area (Å²) in [7, 11) is 0. The van der Waals surface area contributed by atoms with Gasteiger partial charge in [-0.1, -0.05) is 6.07 Å². The molecule has 0 aliphatic rings. The van der Waals surface area contributed by atoms with Gasteiger partial charge < -0.3 is 0 Å². The molecular formula is C10H8F3N3S. The number of benzene rings is 1. The van der Waals surface area contributed by atoms with Crippen LogP contribution in [0.3, 0.4) is 0 Å². The molecule has 3 nitrogen and oxygen atoms in total. The van der Waals surface area contributed by atoms with E-state index < -0.39 is 11.7 Å². The molecule has 0 radical (unpaired) electrons. The maximum atomic E-state index is 12.4. The molecular weight excluding hydrogens is 251 g/mol. The largest absolute Gasteiger partial charge is 0.416 e. The molecule has 0 aliphatic carbocycles. The third-order valence-electron chi connectivity index (χ3n) is 2.01. The molecule has 0 bridgehead atoms. The number of halogens is 3. The van der Waals surface area contributed by atoms with Crippen molar-refractivity contribution in [2.75, 3.05) is 0 Å². The van der Waals surface area contributed by atoms with Crippen molar-refractivity contribution >= 4 is 11.8 Å². The van der Waals surface area contributed by atoms with Crippen LogP contribution in [0.5, 0.6) is 0 Å². The van der Waals surface area contributed by atoms with Gasteiger partial charge >= 0.3 is 6.18 Å². The molecule has 90 valence electrons. The SMILES string of the molecule is FC(F)(F)c1cccc(SCc2cn[nH]n2)c1. The smallest absolute Gasteiger partial charge is 0.198 e. The Hall–Kier alpha value is -1.50. The lowest BCUT2D eigenvalue weighted by molar-refractivity contribution is -0.137. The predicted molar refractivity (Wildman–Crippen MR) is 57.4 cm³/mol. The Morgan fingerprint density at radius 3 is 2.76 bits per heavy atom. The molecule has 2 aromatic rings. The van der Waals surface area contributed by atoms with Gasteiger partial charge in [-0.05, 0) is 18.2 Å². The van der Waals surface area contributed by atoms with Gasteiger partial charge in [0.2, 0.25) is 0 Å². The number of hydrogen-bond acceptors (Lipinski definition) is 3. The van der Waals surface area contributed by atoms with Crippen molar-refractivity contribution in [2.24, 2.45) is 0 Å². The van der Waals surface area contributed by atoms with Crippen molar-refractivity contribution in [2.45, 2.75) is 16.8 Å². The number of aromatic nitrogens is 3. The average molecular weight is 259 g/mol.